The first-order chi connectivity index (χ1) is 7.69. The van der Waals surface area contributed by atoms with Crippen molar-refractivity contribution in [1.82, 2.24) is 5.32 Å². The summed E-state index contributed by atoms with van der Waals surface area (Å²) in [5.74, 6) is 1.31. The average molecular weight is 219 g/mol. The van der Waals surface area contributed by atoms with E-state index in [1.165, 1.54) is 24.0 Å². The molecule has 0 amide bonds. The van der Waals surface area contributed by atoms with Crippen LogP contribution in [0.25, 0.3) is 0 Å². The maximum atomic E-state index is 3.26. The van der Waals surface area contributed by atoms with Crippen LogP contribution >= 0.6 is 0 Å². The Bertz CT molecular complexity index is 306. The Kier molecular flexibility index (Phi) is 5.54. The molecule has 0 saturated heterocycles. The van der Waals surface area contributed by atoms with Crippen molar-refractivity contribution in [2.24, 2.45) is 5.92 Å². The van der Waals surface area contributed by atoms with Gasteiger partial charge in [-0.2, -0.15) is 0 Å². The molecular weight excluding hydrogens is 194 g/mol. The Labute approximate surface area is 100 Å². The molecule has 0 bridgehead atoms. The van der Waals surface area contributed by atoms with Crippen LogP contribution in [0.1, 0.15) is 44.2 Å². The lowest BCUT2D eigenvalue weighted by atomic mass is 9.88. The van der Waals surface area contributed by atoms with Gasteiger partial charge in [0.15, 0.2) is 0 Å². The zero-order valence-electron chi connectivity index (χ0n) is 11.1. The van der Waals surface area contributed by atoms with Gasteiger partial charge >= 0.3 is 0 Å². The SMILES string of the molecule is CCCc1cccc(C(C)C(C)CNC)c1. The first-order valence-corrected chi connectivity index (χ1v) is 6.42. The summed E-state index contributed by atoms with van der Waals surface area (Å²) >= 11 is 0. The molecule has 1 aromatic carbocycles. The second-order valence-corrected chi connectivity index (χ2v) is 4.82. The smallest absolute Gasteiger partial charge is 0.00204 e. The molecule has 1 rings (SSSR count). The molecule has 0 aliphatic heterocycles. The third kappa shape index (κ3) is 3.64. The monoisotopic (exact) mass is 219 g/mol. The molecule has 0 spiro atoms. The van der Waals surface area contributed by atoms with E-state index in [1.54, 1.807) is 0 Å². The number of benzene rings is 1. The Morgan fingerprint density at radius 2 is 2.00 bits per heavy atom. The molecule has 0 heterocycles. The molecule has 1 heteroatoms. The van der Waals surface area contributed by atoms with Crippen molar-refractivity contribution in [2.45, 2.75) is 39.5 Å². The lowest BCUT2D eigenvalue weighted by molar-refractivity contribution is 0.466. The average Bonchev–Trinajstić information content (AvgIpc) is 2.29. The van der Waals surface area contributed by atoms with Gasteiger partial charge in [0.25, 0.3) is 0 Å². The van der Waals surface area contributed by atoms with Gasteiger partial charge in [-0.25, -0.2) is 0 Å². The second-order valence-electron chi connectivity index (χ2n) is 4.82. The highest BCUT2D eigenvalue weighted by atomic mass is 14.8. The van der Waals surface area contributed by atoms with E-state index in [-0.39, 0.29) is 0 Å². The molecule has 0 fully saturated rings. The molecule has 1 N–H and O–H groups in total. The maximum Gasteiger partial charge on any atom is -0.00204 e. The Balaban J connectivity index is 2.74. The lowest BCUT2D eigenvalue weighted by Crippen LogP contribution is -2.20. The predicted molar refractivity (Wildman–Crippen MR) is 71.9 cm³/mol. The molecule has 16 heavy (non-hydrogen) atoms. The number of hydrogen-bond donors (Lipinski definition) is 1. The number of rotatable bonds is 6. The second kappa shape index (κ2) is 6.70. The van der Waals surface area contributed by atoms with Gasteiger partial charge in [0, 0.05) is 0 Å². The van der Waals surface area contributed by atoms with Crippen LogP contribution in [0.4, 0.5) is 0 Å². The molecule has 1 nitrogen and oxygen atoms in total. The molecule has 0 saturated carbocycles. The highest BCUT2D eigenvalue weighted by Gasteiger charge is 2.13. The molecule has 0 aliphatic rings. The topological polar surface area (TPSA) is 12.0 Å². The fourth-order valence-electron chi connectivity index (χ4n) is 2.15. The molecule has 90 valence electrons. The molecule has 2 atom stereocenters. The predicted octanol–water partition coefficient (Wildman–Crippen LogP) is 3.60. The highest BCUT2D eigenvalue weighted by Crippen LogP contribution is 2.24. The van der Waals surface area contributed by atoms with E-state index in [0.29, 0.717) is 11.8 Å². The quantitative estimate of drug-likeness (QED) is 0.771. The van der Waals surface area contributed by atoms with Crippen molar-refractivity contribution in [3.63, 3.8) is 0 Å². The van der Waals surface area contributed by atoms with E-state index in [2.05, 4.69) is 50.4 Å². The highest BCUT2D eigenvalue weighted by molar-refractivity contribution is 5.26. The van der Waals surface area contributed by atoms with Gasteiger partial charge in [-0.15, -0.1) is 0 Å². The fourth-order valence-corrected chi connectivity index (χ4v) is 2.15. The minimum atomic E-state index is 0.629. The van der Waals surface area contributed by atoms with Crippen LogP contribution in [0, 0.1) is 5.92 Å². The van der Waals surface area contributed by atoms with Crippen molar-refractivity contribution in [3.05, 3.63) is 35.4 Å². The Hall–Kier alpha value is -0.820. The summed E-state index contributed by atoms with van der Waals surface area (Å²) in [5.41, 5.74) is 2.96. The van der Waals surface area contributed by atoms with Gasteiger partial charge in [0.2, 0.25) is 0 Å². The van der Waals surface area contributed by atoms with Crippen LogP contribution in [0.2, 0.25) is 0 Å². The Morgan fingerprint density at radius 3 is 2.62 bits per heavy atom. The lowest BCUT2D eigenvalue weighted by Gasteiger charge is -2.20. The summed E-state index contributed by atoms with van der Waals surface area (Å²) in [5, 5.41) is 3.26. The number of aryl methyl sites for hydroxylation is 1. The molecule has 0 aliphatic carbocycles. The minimum Gasteiger partial charge on any atom is -0.319 e. The zero-order valence-corrected chi connectivity index (χ0v) is 11.1. The van der Waals surface area contributed by atoms with Crippen molar-refractivity contribution in [1.29, 1.82) is 0 Å². The van der Waals surface area contributed by atoms with E-state index in [4.69, 9.17) is 0 Å². The van der Waals surface area contributed by atoms with Crippen LogP contribution in [0.5, 0.6) is 0 Å². The largest absolute Gasteiger partial charge is 0.319 e. The van der Waals surface area contributed by atoms with Crippen LogP contribution < -0.4 is 5.32 Å². The van der Waals surface area contributed by atoms with Crippen LogP contribution in [-0.4, -0.2) is 13.6 Å². The fraction of sp³-hybridized carbons (Fsp3) is 0.600. The van der Waals surface area contributed by atoms with Gasteiger partial charge < -0.3 is 5.32 Å². The summed E-state index contributed by atoms with van der Waals surface area (Å²) in [6.45, 7) is 7.96. The first kappa shape index (κ1) is 13.2. The van der Waals surface area contributed by atoms with Gasteiger partial charge in [-0.05, 0) is 43.0 Å². The van der Waals surface area contributed by atoms with Gasteiger partial charge in [0.05, 0.1) is 0 Å². The molecule has 1 aromatic rings. The summed E-state index contributed by atoms with van der Waals surface area (Å²) in [6.07, 6.45) is 2.42. The zero-order chi connectivity index (χ0) is 12.0. The van der Waals surface area contributed by atoms with Crippen molar-refractivity contribution in [2.75, 3.05) is 13.6 Å². The van der Waals surface area contributed by atoms with E-state index in [0.717, 1.165) is 6.54 Å². The Morgan fingerprint density at radius 1 is 1.25 bits per heavy atom. The van der Waals surface area contributed by atoms with Crippen molar-refractivity contribution in [3.8, 4) is 0 Å². The molecule has 0 aromatic heterocycles. The third-order valence-corrected chi connectivity index (χ3v) is 3.40. The van der Waals surface area contributed by atoms with E-state index in [9.17, 15) is 0 Å². The van der Waals surface area contributed by atoms with E-state index in [1.807, 2.05) is 7.05 Å². The van der Waals surface area contributed by atoms with Crippen LogP contribution in [0.15, 0.2) is 24.3 Å². The molecule has 0 radical (unpaired) electrons. The van der Waals surface area contributed by atoms with Gasteiger partial charge in [0.1, 0.15) is 0 Å². The molecular formula is C15H25N. The third-order valence-electron chi connectivity index (χ3n) is 3.40. The minimum absolute atomic E-state index is 0.629. The summed E-state index contributed by atoms with van der Waals surface area (Å²) < 4.78 is 0. The van der Waals surface area contributed by atoms with Crippen molar-refractivity contribution < 1.29 is 0 Å². The van der Waals surface area contributed by atoms with Crippen LogP contribution in [-0.2, 0) is 6.42 Å². The standard InChI is InChI=1S/C15H25N/c1-5-7-14-8-6-9-15(10-14)13(3)12(2)11-16-4/h6,8-10,12-13,16H,5,7,11H2,1-4H3. The first-order valence-electron chi connectivity index (χ1n) is 6.42. The summed E-state index contributed by atoms with van der Waals surface area (Å²) in [4.78, 5) is 0. The van der Waals surface area contributed by atoms with Gasteiger partial charge in [-0.1, -0.05) is 51.5 Å². The maximum absolute atomic E-state index is 3.26. The normalized spacial score (nSPS) is 14.8. The van der Waals surface area contributed by atoms with Crippen LogP contribution in [0.3, 0.4) is 0 Å². The van der Waals surface area contributed by atoms with Crippen molar-refractivity contribution >= 4 is 0 Å². The summed E-state index contributed by atoms with van der Waals surface area (Å²) in [7, 11) is 2.02. The van der Waals surface area contributed by atoms with E-state index >= 15 is 0 Å². The summed E-state index contributed by atoms with van der Waals surface area (Å²) in [6, 6.07) is 9.07. The van der Waals surface area contributed by atoms with E-state index < -0.39 is 0 Å². The molecule has 2 unspecified atom stereocenters. The number of nitrogens with one attached hydrogen (secondary N) is 1. The number of hydrogen-bond acceptors (Lipinski definition) is 1. The van der Waals surface area contributed by atoms with Gasteiger partial charge in [-0.3, -0.25) is 0 Å².